The number of carbonyl (C=O) groups excluding carboxylic acids is 1. The Morgan fingerprint density at radius 2 is 2.17 bits per heavy atom. The minimum Gasteiger partial charge on any atom is -0.462 e. The van der Waals surface area contributed by atoms with Crippen LogP contribution in [0.15, 0.2) is 24.3 Å². The minimum absolute atomic E-state index is 0.0641. The van der Waals surface area contributed by atoms with E-state index in [2.05, 4.69) is 4.98 Å². The summed E-state index contributed by atoms with van der Waals surface area (Å²) in [4.78, 5) is 15.9. The van der Waals surface area contributed by atoms with Crippen molar-refractivity contribution in [3.63, 3.8) is 0 Å². The second-order valence-electron chi connectivity index (χ2n) is 4.30. The summed E-state index contributed by atoms with van der Waals surface area (Å²) < 4.78 is 6.78. The zero-order chi connectivity index (χ0) is 13.1. The van der Waals surface area contributed by atoms with Crippen molar-refractivity contribution in [2.45, 2.75) is 33.1 Å². The number of nitrogens with zero attached hydrogens (tertiary/aromatic N) is 2. The summed E-state index contributed by atoms with van der Waals surface area (Å²) in [7, 11) is 0. The van der Waals surface area contributed by atoms with Gasteiger partial charge < -0.3 is 14.4 Å². The third kappa shape index (κ3) is 2.51. The van der Waals surface area contributed by atoms with Crippen LogP contribution >= 0.6 is 0 Å². The van der Waals surface area contributed by atoms with E-state index < -0.39 is 0 Å². The lowest BCUT2D eigenvalue weighted by molar-refractivity contribution is -0.148. The lowest BCUT2D eigenvalue weighted by Gasteiger charge is -2.10. The van der Waals surface area contributed by atoms with E-state index in [1.807, 2.05) is 24.3 Å². The highest BCUT2D eigenvalue weighted by Crippen LogP contribution is 2.16. The Labute approximate surface area is 105 Å². The summed E-state index contributed by atoms with van der Waals surface area (Å²) in [5.74, 6) is 0.139. The molecule has 1 aromatic carbocycles. The third-order valence-electron chi connectivity index (χ3n) is 2.53. The van der Waals surface area contributed by atoms with Gasteiger partial charge in [0.15, 0.2) is 0 Å². The van der Waals surface area contributed by atoms with Crippen LogP contribution in [0, 0.1) is 0 Å². The van der Waals surface area contributed by atoms with Crippen LogP contribution in [-0.4, -0.2) is 26.7 Å². The summed E-state index contributed by atoms with van der Waals surface area (Å²) in [6, 6.07) is 7.45. The number of aliphatic hydroxyl groups is 1. The first-order valence-corrected chi connectivity index (χ1v) is 5.86. The van der Waals surface area contributed by atoms with Crippen LogP contribution in [0.3, 0.4) is 0 Å². The molecule has 96 valence electrons. The fraction of sp³-hybridized carbons (Fsp3) is 0.385. The molecule has 0 fully saturated rings. The van der Waals surface area contributed by atoms with Crippen molar-refractivity contribution in [2.75, 3.05) is 0 Å². The molecule has 0 bridgehead atoms. The summed E-state index contributed by atoms with van der Waals surface area (Å²) >= 11 is 0. The molecule has 0 spiro atoms. The van der Waals surface area contributed by atoms with Crippen molar-refractivity contribution < 1.29 is 14.6 Å². The molecule has 2 rings (SSSR count). The second kappa shape index (κ2) is 5.18. The molecule has 5 heteroatoms. The number of ether oxygens (including phenoxy) is 1. The Bertz CT molecular complexity index is 560. The van der Waals surface area contributed by atoms with Crippen molar-refractivity contribution in [3.05, 3.63) is 30.1 Å². The number of aromatic nitrogens is 2. The molecule has 5 nitrogen and oxygen atoms in total. The SMILES string of the molecule is CC(C)OC(=O)Cn1c(CO)nc2ccccc21. The fourth-order valence-electron chi connectivity index (χ4n) is 1.85. The van der Waals surface area contributed by atoms with Gasteiger partial charge >= 0.3 is 5.97 Å². The highest BCUT2D eigenvalue weighted by atomic mass is 16.5. The van der Waals surface area contributed by atoms with Gasteiger partial charge in [0.05, 0.1) is 17.1 Å². The normalized spacial score (nSPS) is 11.1. The van der Waals surface area contributed by atoms with Crippen LogP contribution in [0.5, 0.6) is 0 Å². The summed E-state index contributed by atoms with van der Waals surface area (Å²) in [6.45, 7) is 3.46. The van der Waals surface area contributed by atoms with Crippen molar-refractivity contribution in [1.82, 2.24) is 9.55 Å². The van der Waals surface area contributed by atoms with E-state index in [4.69, 9.17) is 4.74 Å². The van der Waals surface area contributed by atoms with Crippen molar-refractivity contribution in [2.24, 2.45) is 0 Å². The van der Waals surface area contributed by atoms with Gasteiger partial charge in [0.25, 0.3) is 0 Å². The minimum atomic E-state index is -0.331. The van der Waals surface area contributed by atoms with Gasteiger partial charge in [-0.05, 0) is 26.0 Å². The van der Waals surface area contributed by atoms with E-state index in [-0.39, 0.29) is 25.2 Å². The van der Waals surface area contributed by atoms with Gasteiger partial charge in [0.2, 0.25) is 0 Å². The van der Waals surface area contributed by atoms with Crippen molar-refractivity contribution >= 4 is 17.0 Å². The zero-order valence-corrected chi connectivity index (χ0v) is 10.5. The maximum Gasteiger partial charge on any atom is 0.326 e. The Kier molecular flexibility index (Phi) is 3.62. The average molecular weight is 248 g/mol. The van der Waals surface area contributed by atoms with Crippen LogP contribution in [0.4, 0.5) is 0 Å². The predicted molar refractivity (Wildman–Crippen MR) is 66.9 cm³/mol. The number of hydrogen-bond donors (Lipinski definition) is 1. The zero-order valence-electron chi connectivity index (χ0n) is 10.5. The largest absolute Gasteiger partial charge is 0.462 e. The first-order valence-electron chi connectivity index (χ1n) is 5.86. The van der Waals surface area contributed by atoms with Gasteiger partial charge in [0, 0.05) is 0 Å². The van der Waals surface area contributed by atoms with Crippen molar-refractivity contribution in [1.29, 1.82) is 0 Å². The van der Waals surface area contributed by atoms with Crippen molar-refractivity contribution in [3.8, 4) is 0 Å². The number of esters is 1. The standard InChI is InChI=1S/C13H16N2O3/c1-9(2)18-13(17)7-15-11-6-4-3-5-10(11)14-12(15)8-16/h3-6,9,16H,7-8H2,1-2H3. The van der Waals surface area contributed by atoms with Gasteiger partial charge in [-0.3, -0.25) is 4.79 Å². The summed E-state index contributed by atoms with van der Waals surface area (Å²) in [5.41, 5.74) is 1.58. The molecule has 0 aliphatic heterocycles. The molecule has 1 N–H and O–H groups in total. The number of rotatable bonds is 4. The molecule has 0 aliphatic carbocycles. The first kappa shape index (κ1) is 12.6. The number of imidazole rings is 1. The maximum absolute atomic E-state index is 11.7. The van der Waals surface area contributed by atoms with Crippen LogP contribution in [0.1, 0.15) is 19.7 Å². The number of hydrogen-bond acceptors (Lipinski definition) is 4. The van der Waals surface area contributed by atoms with Gasteiger partial charge in [0.1, 0.15) is 19.0 Å². The first-order chi connectivity index (χ1) is 8.61. The Hall–Kier alpha value is -1.88. The molecule has 2 aromatic rings. The predicted octanol–water partition coefficient (Wildman–Crippen LogP) is 1.48. The van der Waals surface area contributed by atoms with Gasteiger partial charge in [-0.15, -0.1) is 0 Å². The monoisotopic (exact) mass is 248 g/mol. The maximum atomic E-state index is 11.7. The Morgan fingerprint density at radius 3 is 2.83 bits per heavy atom. The molecule has 0 aliphatic rings. The molecule has 0 unspecified atom stereocenters. The van der Waals surface area contributed by atoms with E-state index in [1.54, 1.807) is 18.4 Å². The third-order valence-corrected chi connectivity index (χ3v) is 2.53. The number of para-hydroxylation sites is 2. The molecule has 0 saturated carbocycles. The summed E-state index contributed by atoms with van der Waals surface area (Å²) in [5, 5.41) is 9.28. The highest BCUT2D eigenvalue weighted by Gasteiger charge is 2.14. The van der Waals surface area contributed by atoms with Crippen LogP contribution in [0.25, 0.3) is 11.0 Å². The smallest absolute Gasteiger partial charge is 0.326 e. The Morgan fingerprint density at radius 1 is 1.44 bits per heavy atom. The molecule has 1 aromatic heterocycles. The molecular formula is C13H16N2O3. The molecule has 0 atom stereocenters. The van der Waals surface area contributed by atoms with E-state index in [0.717, 1.165) is 11.0 Å². The molecule has 0 radical (unpaired) electrons. The molecule has 1 heterocycles. The van der Waals surface area contributed by atoms with Gasteiger partial charge in [-0.1, -0.05) is 12.1 Å². The van der Waals surface area contributed by atoms with Crippen LogP contribution in [-0.2, 0) is 22.7 Å². The summed E-state index contributed by atoms with van der Waals surface area (Å²) in [6.07, 6.45) is -0.148. The van der Waals surface area contributed by atoms with E-state index in [9.17, 15) is 9.90 Å². The molecule has 0 saturated heterocycles. The number of fused-ring (bicyclic) bond motifs is 1. The highest BCUT2D eigenvalue weighted by molar-refractivity contribution is 5.78. The van der Waals surface area contributed by atoms with E-state index >= 15 is 0 Å². The quantitative estimate of drug-likeness (QED) is 0.832. The number of aliphatic hydroxyl groups excluding tert-OH is 1. The number of carbonyl (C=O) groups is 1. The molecular weight excluding hydrogens is 232 g/mol. The topological polar surface area (TPSA) is 64.3 Å². The van der Waals surface area contributed by atoms with E-state index in [1.165, 1.54) is 0 Å². The molecule has 18 heavy (non-hydrogen) atoms. The molecule has 0 amide bonds. The average Bonchev–Trinajstić information content (AvgIpc) is 2.66. The van der Waals surface area contributed by atoms with Gasteiger partial charge in [-0.25, -0.2) is 4.98 Å². The lowest BCUT2D eigenvalue weighted by atomic mass is 10.3. The second-order valence-corrected chi connectivity index (χ2v) is 4.30. The fourth-order valence-corrected chi connectivity index (χ4v) is 1.85. The van der Waals surface area contributed by atoms with E-state index in [0.29, 0.717) is 5.82 Å². The Balaban J connectivity index is 2.33. The van der Waals surface area contributed by atoms with Crippen LogP contribution in [0.2, 0.25) is 0 Å². The van der Waals surface area contributed by atoms with Crippen LogP contribution < -0.4 is 0 Å². The lowest BCUT2D eigenvalue weighted by Crippen LogP contribution is -2.18. The number of benzene rings is 1. The van der Waals surface area contributed by atoms with Gasteiger partial charge in [-0.2, -0.15) is 0 Å².